The van der Waals surface area contributed by atoms with E-state index in [1.165, 1.54) is 19.5 Å². The first-order valence-electron chi connectivity index (χ1n) is 4.24. The van der Waals surface area contributed by atoms with Crippen LogP contribution in [0.1, 0.15) is 25.0 Å². The van der Waals surface area contributed by atoms with Gasteiger partial charge < -0.3 is 4.74 Å². The molecule has 1 aromatic heterocycles. The maximum Gasteiger partial charge on any atom is 0.314 e. The first kappa shape index (κ1) is 10.9. The molecule has 1 heterocycles. The molecule has 0 saturated heterocycles. The van der Waals surface area contributed by atoms with E-state index in [-0.39, 0.29) is 17.0 Å². The number of halogens is 1. The molecule has 76 valence electrons. The molecule has 1 unspecified atom stereocenters. The second kappa shape index (κ2) is 4.91. The van der Waals surface area contributed by atoms with Crippen molar-refractivity contribution in [1.82, 2.24) is 9.97 Å². The topological polar surface area (TPSA) is 52.1 Å². The molecule has 5 heteroatoms. The van der Waals surface area contributed by atoms with Crippen LogP contribution in [0.3, 0.4) is 0 Å². The van der Waals surface area contributed by atoms with Crippen LogP contribution in [0.4, 0.5) is 0 Å². The molecule has 0 spiro atoms. The van der Waals surface area contributed by atoms with E-state index in [1.807, 2.05) is 6.92 Å². The molecule has 0 aliphatic heterocycles. The van der Waals surface area contributed by atoms with Gasteiger partial charge in [-0.1, -0.05) is 18.5 Å². The standard InChI is InChI=1S/C9H11ClN2O2/c1-3-6(9(13)14-2)7-4-11-5-8(10)12-7/h4-6H,3H2,1-2H3. The van der Waals surface area contributed by atoms with E-state index in [9.17, 15) is 4.79 Å². The van der Waals surface area contributed by atoms with E-state index < -0.39 is 0 Å². The van der Waals surface area contributed by atoms with Crippen molar-refractivity contribution in [2.45, 2.75) is 19.3 Å². The van der Waals surface area contributed by atoms with Crippen LogP contribution in [-0.2, 0) is 9.53 Å². The van der Waals surface area contributed by atoms with Crippen LogP contribution in [0, 0.1) is 0 Å². The summed E-state index contributed by atoms with van der Waals surface area (Å²) in [6.07, 6.45) is 3.56. The number of esters is 1. The molecule has 0 fully saturated rings. The van der Waals surface area contributed by atoms with Crippen molar-refractivity contribution in [2.75, 3.05) is 7.11 Å². The van der Waals surface area contributed by atoms with Crippen LogP contribution in [0.2, 0.25) is 5.15 Å². The molecule has 1 aromatic rings. The average molecular weight is 215 g/mol. The highest BCUT2D eigenvalue weighted by Crippen LogP contribution is 2.19. The Kier molecular flexibility index (Phi) is 3.83. The predicted molar refractivity (Wildman–Crippen MR) is 52.1 cm³/mol. The fraction of sp³-hybridized carbons (Fsp3) is 0.444. The van der Waals surface area contributed by atoms with Gasteiger partial charge >= 0.3 is 5.97 Å². The van der Waals surface area contributed by atoms with Crippen molar-refractivity contribution in [3.63, 3.8) is 0 Å². The van der Waals surface area contributed by atoms with Crippen LogP contribution < -0.4 is 0 Å². The third-order valence-corrected chi connectivity index (χ3v) is 2.06. The van der Waals surface area contributed by atoms with Gasteiger partial charge in [0.1, 0.15) is 11.1 Å². The van der Waals surface area contributed by atoms with E-state index in [1.54, 1.807) is 0 Å². The summed E-state index contributed by atoms with van der Waals surface area (Å²) in [6.45, 7) is 1.88. The highest BCUT2D eigenvalue weighted by molar-refractivity contribution is 6.29. The minimum Gasteiger partial charge on any atom is -0.469 e. The van der Waals surface area contributed by atoms with Crippen LogP contribution in [0.25, 0.3) is 0 Å². The Morgan fingerprint density at radius 2 is 2.36 bits per heavy atom. The predicted octanol–water partition coefficient (Wildman–Crippen LogP) is 1.80. The summed E-state index contributed by atoms with van der Waals surface area (Å²) in [5, 5.41) is 0.282. The molecule has 4 nitrogen and oxygen atoms in total. The summed E-state index contributed by atoms with van der Waals surface area (Å²) >= 11 is 5.67. The number of hydrogen-bond acceptors (Lipinski definition) is 4. The van der Waals surface area contributed by atoms with Gasteiger partial charge in [0.2, 0.25) is 0 Å². The van der Waals surface area contributed by atoms with Gasteiger partial charge in [0.05, 0.1) is 19.0 Å². The number of carbonyl (C=O) groups excluding carboxylic acids is 1. The second-order valence-electron chi connectivity index (χ2n) is 2.75. The summed E-state index contributed by atoms with van der Waals surface area (Å²) < 4.78 is 4.65. The van der Waals surface area contributed by atoms with E-state index >= 15 is 0 Å². The summed E-state index contributed by atoms with van der Waals surface area (Å²) in [4.78, 5) is 19.2. The molecule has 0 radical (unpaired) electrons. The molecule has 0 aromatic carbocycles. The highest BCUT2D eigenvalue weighted by atomic mass is 35.5. The van der Waals surface area contributed by atoms with Gasteiger partial charge in [-0.25, -0.2) is 4.98 Å². The third-order valence-electron chi connectivity index (χ3n) is 1.87. The molecular weight excluding hydrogens is 204 g/mol. The van der Waals surface area contributed by atoms with E-state index in [0.717, 1.165) is 0 Å². The molecular formula is C9H11ClN2O2. The minimum absolute atomic E-state index is 0.282. The van der Waals surface area contributed by atoms with Crippen molar-refractivity contribution in [2.24, 2.45) is 0 Å². The van der Waals surface area contributed by atoms with Crippen molar-refractivity contribution in [3.8, 4) is 0 Å². The molecule has 14 heavy (non-hydrogen) atoms. The van der Waals surface area contributed by atoms with Gasteiger partial charge in [0.15, 0.2) is 0 Å². The highest BCUT2D eigenvalue weighted by Gasteiger charge is 2.21. The zero-order valence-electron chi connectivity index (χ0n) is 8.03. The lowest BCUT2D eigenvalue weighted by Crippen LogP contribution is -2.15. The monoisotopic (exact) mass is 214 g/mol. The lowest BCUT2D eigenvalue weighted by atomic mass is 10.0. The Morgan fingerprint density at radius 1 is 1.64 bits per heavy atom. The maximum atomic E-state index is 11.3. The van der Waals surface area contributed by atoms with Gasteiger partial charge in [0, 0.05) is 6.20 Å². The number of nitrogens with zero attached hydrogens (tertiary/aromatic N) is 2. The fourth-order valence-corrected chi connectivity index (χ4v) is 1.32. The van der Waals surface area contributed by atoms with Crippen molar-refractivity contribution >= 4 is 17.6 Å². The second-order valence-corrected chi connectivity index (χ2v) is 3.14. The Labute approximate surface area is 87.3 Å². The van der Waals surface area contributed by atoms with Crippen LogP contribution in [0.5, 0.6) is 0 Å². The molecule has 1 rings (SSSR count). The van der Waals surface area contributed by atoms with Crippen LogP contribution >= 0.6 is 11.6 Å². The van der Waals surface area contributed by atoms with Crippen molar-refractivity contribution in [3.05, 3.63) is 23.2 Å². The molecule has 0 amide bonds. The summed E-state index contributed by atoms with van der Waals surface area (Å²) in [5.74, 6) is -0.699. The molecule has 0 aliphatic rings. The summed E-state index contributed by atoms with van der Waals surface area (Å²) in [5.41, 5.74) is 0.548. The Balaban J connectivity index is 2.94. The van der Waals surface area contributed by atoms with Crippen molar-refractivity contribution in [1.29, 1.82) is 0 Å². The van der Waals surface area contributed by atoms with E-state index in [2.05, 4.69) is 14.7 Å². The van der Waals surface area contributed by atoms with Gasteiger partial charge in [-0.05, 0) is 6.42 Å². The molecule has 0 bridgehead atoms. The summed E-state index contributed by atoms with van der Waals surface area (Å²) in [6, 6.07) is 0. The smallest absolute Gasteiger partial charge is 0.314 e. The number of carbonyl (C=O) groups is 1. The zero-order valence-corrected chi connectivity index (χ0v) is 8.78. The van der Waals surface area contributed by atoms with E-state index in [0.29, 0.717) is 12.1 Å². The van der Waals surface area contributed by atoms with Gasteiger partial charge in [-0.15, -0.1) is 0 Å². The Hall–Kier alpha value is -1.16. The number of ether oxygens (including phenoxy) is 1. The quantitative estimate of drug-likeness (QED) is 0.720. The number of hydrogen-bond donors (Lipinski definition) is 0. The molecule has 0 saturated carbocycles. The van der Waals surface area contributed by atoms with Gasteiger partial charge in [-0.2, -0.15) is 0 Å². The Morgan fingerprint density at radius 3 is 2.86 bits per heavy atom. The first-order chi connectivity index (χ1) is 6.69. The van der Waals surface area contributed by atoms with Crippen molar-refractivity contribution < 1.29 is 9.53 Å². The average Bonchev–Trinajstić information content (AvgIpc) is 2.19. The molecule has 0 N–H and O–H groups in total. The zero-order chi connectivity index (χ0) is 10.6. The minimum atomic E-state index is -0.383. The lowest BCUT2D eigenvalue weighted by molar-refractivity contribution is -0.142. The largest absolute Gasteiger partial charge is 0.469 e. The van der Waals surface area contributed by atoms with Crippen LogP contribution in [0.15, 0.2) is 12.4 Å². The Bertz CT molecular complexity index is 330. The molecule has 1 atom stereocenters. The normalized spacial score (nSPS) is 12.2. The number of rotatable bonds is 3. The van der Waals surface area contributed by atoms with E-state index in [4.69, 9.17) is 11.6 Å². The fourth-order valence-electron chi connectivity index (χ4n) is 1.16. The summed E-state index contributed by atoms with van der Waals surface area (Å²) in [7, 11) is 1.35. The third kappa shape index (κ3) is 2.42. The van der Waals surface area contributed by atoms with Gasteiger partial charge in [-0.3, -0.25) is 9.78 Å². The number of methoxy groups -OCH3 is 1. The number of aromatic nitrogens is 2. The van der Waals surface area contributed by atoms with Gasteiger partial charge in [0.25, 0.3) is 0 Å². The first-order valence-corrected chi connectivity index (χ1v) is 4.62. The SMILES string of the molecule is CCC(C(=O)OC)c1cncc(Cl)n1. The lowest BCUT2D eigenvalue weighted by Gasteiger charge is -2.10. The maximum absolute atomic E-state index is 11.3. The van der Waals surface area contributed by atoms with Crippen LogP contribution in [-0.4, -0.2) is 23.0 Å². The molecule has 0 aliphatic carbocycles.